The van der Waals surface area contributed by atoms with Crippen LogP contribution in [0.5, 0.6) is 0 Å². The predicted octanol–water partition coefficient (Wildman–Crippen LogP) is 5.85. The summed E-state index contributed by atoms with van der Waals surface area (Å²) in [6.45, 7) is 1.98. The number of hydrogen-bond donors (Lipinski definition) is 0. The number of rotatable bonds is 0. The van der Waals surface area contributed by atoms with Gasteiger partial charge in [-0.05, 0) is 30.7 Å². The molecule has 0 amide bonds. The van der Waals surface area contributed by atoms with Crippen LogP contribution >= 0.6 is 34.8 Å². The van der Waals surface area contributed by atoms with Crippen molar-refractivity contribution in [3.05, 3.63) is 44.9 Å². The fourth-order valence-electron chi connectivity index (χ4n) is 2.02. The monoisotopic (exact) mass is 284 g/mol. The highest BCUT2D eigenvalue weighted by Gasteiger charge is 2.14. The van der Waals surface area contributed by atoms with Gasteiger partial charge in [-0.15, -0.1) is 0 Å². The normalized spacial score (nSPS) is 11.5. The zero-order valence-electron chi connectivity index (χ0n) is 8.85. The van der Waals surface area contributed by atoms with Crippen LogP contribution in [0, 0.1) is 6.92 Å². The minimum atomic E-state index is 0.550. The van der Waals surface area contributed by atoms with Crippen molar-refractivity contribution in [1.82, 2.24) is 0 Å². The number of benzene rings is 2. The maximum absolute atomic E-state index is 6.20. The zero-order valence-corrected chi connectivity index (χ0v) is 11.1. The molecule has 1 heterocycles. The molecule has 0 aliphatic rings. The first-order chi connectivity index (χ1) is 8.06. The van der Waals surface area contributed by atoms with E-state index in [4.69, 9.17) is 39.2 Å². The average molecular weight is 286 g/mol. The van der Waals surface area contributed by atoms with E-state index in [1.807, 2.05) is 19.1 Å². The van der Waals surface area contributed by atoms with Crippen molar-refractivity contribution >= 4 is 56.7 Å². The van der Waals surface area contributed by atoms with E-state index in [2.05, 4.69) is 0 Å². The molecule has 0 fully saturated rings. The predicted molar refractivity (Wildman–Crippen MR) is 73.5 cm³/mol. The van der Waals surface area contributed by atoms with Gasteiger partial charge in [-0.1, -0.05) is 34.8 Å². The molecule has 2 aromatic carbocycles. The number of furan rings is 1. The SMILES string of the molecule is Cc1cc(Cl)c2oc3cc(Cl)cc(Cl)c3c2c1. The van der Waals surface area contributed by atoms with Crippen molar-refractivity contribution in [2.24, 2.45) is 0 Å². The van der Waals surface area contributed by atoms with E-state index in [1.54, 1.807) is 12.1 Å². The Balaban J connectivity index is 2.60. The molecule has 0 saturated heterocycles. The second-order valence-corrected chi connectivity index (χ2v) is 5.24. The lowest BCUT2D eigenvalue weighted by atomic mass is 10.1. The molecular formula is C13H7Cl3O. The smallest absolute Gasteiger partial charge is 0.154 e. The van der Waals surface area contributed by atoms with Gasteiger partial charge in [0.25, 0.3) is 0 Å². The third-order valence-electron chi connectivity index (χ3n) is 2.69. The van der Waals surface area contributed by atoms with Gasteiger partial charge in [0.05, 0.1) is 10.0 Å². The Morgan fingerprint density at radius 3 is 2.47 bits per heavy atom. The van der Waals surface area contributed by atoms with E-state index in [-0.39, 0.29) is 0 Å². The van der Waals surface area contributed by atoms with Crippen LogP contribution in [-0.2, 0) is 0 Å². The van der Waals surface area contributed by atoms with Crippen LogP contribution in [-0.4, -0.2) is 0 Å². The van der Waals surface area contributed by atoms with Gasteiger partial charge in [0, 0.05) is 21.9 Å². The van der Waals surface area contributed by atoms with E-state index in [0.717, 1.165) is 16.3 Å². The summed E-state index contributed by atoms with van der Waals surface area (Å²) < 4.78 is 5.70. The van der Waals surface area contributed by atoms with Crippen molar-refractivity contribution in [3.8, 4) is 0 Å². The highest BCUT2D eigenvalue weighted by Crippen LogP contribution is 2.39. The maximum atomic E-state index is 6.20. The Morgan fingerprint density at radius 1 is 0.941 bits per heavy atom. The molecule has 0 N–H and O–H groups in total. The Labute approximate surface area is 113 Å². The Hall–Kier alpha value is -0.890. The van der Waals surface area contributed by atoms with Gasteiger partial charge >= 0.3 is 0 Å². The van der Waals surface area contributed by atoms with E-state index in [9.17, 15) is 0 Å². The number of hydrogen-bond acceptors (Lipinski definition) is 1. The van der Waals surface area contributed by atoms with Crippen LogP contribution in [0.15, 0.2) is 28.7 Å². The summed E-state index contributed by atoms with van der Waals surface area (Å²) in [5.74, 6) is 0. The standard InChI is InChI=1S/C13H7Cl3O/c1-6-2-8-12-9(15)4-7(14)5-11(12)17-13(8)10(16)3-6/h2-5H,1H3. The molecule has 4 heteroatoms. The molecule has 3 aromatic rings. The van der Waals surface area contributed by atoms with Gasteiger partial charge in [-0.2, -0.15) is 0 Å². The summed E-state index contributed by atoms with van der Waals surface area (Å²) >= 11 is 18.3. The number of halogens is 3. The molecule has 0 aliphatic heterocycles. The van der Waals surface area contributed by atoms with Crippen molar-refractivity contribution in [2.75, 3.05) is 0 Å². The number of aryl methyl sites for hydroxylation is 1. The molecule has 0 bridgehead atoms. The molecule has 1 nitrogen and oxygen atoms in total. The third-order valence-corrected chi connectivity index (χ3v) is 3.49. The fraction of sp³-hybridized carbons (Fsp3) is 0.0769. The van der Waals surface area contributed by atoms with Gasteiger partial charge < -0.3 is 4.42 Å². The molecular weight excluding hydrogens is 279 g/mol. The number of fused-ring (bicyclic) bond motifs is 3. The first-order valence-electron chi connectivity index (χ1n) is 5.03. The van der Waals surface area contributed by atoms with Crippen LogP contribution < -0.4 is 0 Å². The first-order valence-corrected chi connectivity index (χ1v) is 6.17. The highest BCUT2D eigenvalue weighted by atomic mass is 35.5. The molecule has 0 radical (unpaired) electrons. The van der Waals surface area contributed by atoms with Crippen molar-refractivity contribution < 1.29 is 4.42 Å². The van der Waals surface area contributed by atoms with Gasteiger partial charge in [-0.25, -0.2) is 0 Å². The molecule has 3 rings (SSSR count). The molecule has 0 aliphatic carbocycles. The molecule has 1 aromatic heterocycles. The van der Waals surface area contributed by atoms with Gasteiger partial charge in [0.1, 0.15) is 5.58 Å². The van der Waals surface area contributed by atoms with Crippen LogP contribution in [0.3, 0.4) is 0 Å². The molecule has 0 spiro atoms. The summed E-state index contributed by atoms with van der Waals surface area (Å²) in [4.78, 5) is 0. The Kier molecular flexibility index (Phi) is 2.51. The zero-order chi connectivity index (χ0) is 12.2. The molecule has 86 valence electrons. The summed E-state index contributed by atoms with van der Waals surface area (Å²) in [6.07, 6.45) is 0. The summed E-state index contributed by atoms with van der Waals surface area (Å²) in [5, 5.41) is 3.49. The summed E-state index contributed by atoms with van der Waals surface area (Å²) in [6, 6.07) is 7.32. The molecule has 0 unspecified atom stereocenters. The average Bonchev–Trinajstić information content (AvgIpc) is 2.56. The van der Waals surface area contributed by atoms with Gasteiger partial charge in [-0.3, -0.25) is 0 Å². The van der Waals surface area contributed by atoms with Crippen molar-refractivity contribution in [2.45, 2.75) is 6.92 Å². The van der Waals surface area contributed by atoms with E-state index in [1.165, 1.54) is 0 Å². The molecule has 0 atom stereocenters. The largest absolute Gasteiger partial charge is 0.454 e. The quantitative estimate of drug-likeness (QED) is 0.504. The summed E-state index contributed by atoms with van der Waals surface area (Å²) in [5.41, 5.74) is 2.37. The Bertz CT molecular complexity index is 743. The Morgan fingerprint density at radius 2 is 1.71 bits per heavy atom. The van der Waals surface area contributed by atoms with E-state index < -0.39 is 0 Å². The van der Waals surface area contributed by atoms with Crippen molar-refractivity contribution in [3.63, 3.8) is 0 Å². The second-order valence-electron chi connectivity index (χ2n) is 3.99. The van der Waals surface area contributed by atoms with E-state index in [0.29, 0.717) is 26.2 Å². The molecule has 0 saturated carbocycles. The van der Waals surface area contributed by atoms with E-state index >= 15 is 0 Å². The fourth-order valence-corrected chi connectivity index (χ4v) is 2.91. The minimum Gasteiger partial charge on any atom is -0.454 e. The van der Waals surface area contributed by atoms with Crippen LogP contribution in [0.4, 0.5) is 0 Å². The molecule has 17 heavy (non-hydrogen) atoms. The lowest BCUT2D eigenvalue weighted by Gasteiger charge is -1.97. The second kappa shape index (κ2) is 3.81. The first kappa shape index (κ1) is 11.2. The third kappa shape index (κ3) is 1.70. The lowest BCUT2D eigenvalue weighted by Crippen LogP contribution is -1.74. The highest BCUT2D eigenvalue weighted by molar-refractivity contribution is 6.41. The van der Waals surface area contributed by atoms with Crippen LogP contribution in [0.25, 0.3) is 21.9 Å². The van der Waals surface area contributed by atoms with Crippen LogP contribution in [0.2, 0.25) is 15.1 Å². The van der Waals surface area contributed by atoms with Crippen LogP contribution in [0.1, 0.15) is 5.56 Å². The summed E-state index contributed by atoms with van der Waals surface area (Å²) in [7, 11) is 0. The van der Waals surface area contributed by atoms with Gasteiger partial charge in [0.15, 0.2) is 5.58 Å². The maximum Gasteiger partial charge on any atom is 0.154 e. The lowest BCUT2D eigenvalue weighted by molar-refractivity contribution is 0.669. The minimum absolute atomic E-state index is 0.550. The van der Waals surface area contributed by atoms with Crippen molar-refractivity contribution in [1.29, 1.82) is 0 Å². The topological polar surface area (TPSA) is 13.1 Å². The van der Waals surface area contributed by atoms with Gasteiger partial charge in [0.2, 0.25) is 0 Å².